The molecule has 0 bridgehead atoms. The van der Waals surface area contributed by atoms with E-state index in [4.69, 9.17) is 0 Å². The van der Waals surface area contributed by atoms with Gasteiger partial charge in [0.05, 0.1) is 6.07 Å². The summed E-state index contributed by atoms with van der Waals surface area (Å²) in [6, 6.07) is 22.8. The highest BCUT2D eigenvalue weighted by molar-refractivity contribution is 14.1. The first kappa shape index (κ1) is 16.1. The van der Waals surface area contributed by atoms with Crippen LogP contribution in [0.1, 0.15) is 18.9 Å². The van der Waals surface area contributed by atoms with Crippen molar-refractivity contribution in [2.75, 3.05) is 0 Å². The summed E-state index contributed by atoms with van der Waals surface area (Å²) < 4.78 is 2.04. The Balaban J connectivity index is 2.44. The van der Waals surface area contributed by atoms with Crippen molar-refractivity contribution in [3.05, 3.63) is 75.2 Å². The zero-order valence-electron chi connectivity index (χ0n) is 11.8. The molecule has 2 aromatic carbocycles. The van der Waals surface area contributed by atoms with Crippen molar-refractivity contribution >= 4 is 34.4 Å². The summed E-state index contributed by atoms with van der Waals surface area (Å²) >= 11 is 3.91. The van der Waals surface area contributed by atoms with Gasteiger partial charge in [-0.3, -0.25) is 0 Å². The maximum atomic E-state index is 9.90. The van der Waals surface area contributed by atoms with E-state index in [1.54, 1.807) is 11.8 Å². The number of halogens is 1. The Labute approximate surface area is 144 Å². The Kier molecular flexibility index (Phi) is 5.89. The molecule has 0 amide bonds. The van der Waals surface area contributed by atoms with Crippen LogP contribution in [0, 0.1) is 11.3 Å². The molecule has 0 radical (unpaired) electrons. The molecule has 0 fully saturated rings. The van der Waals surface area contributed by atoms with Gasteiger partial charge in [-0.05, 0) is 28.2 Å². The van der Waals surface area contributed by atoms with Crippen LogP contribution in [0.25, 0.3) is 0 Å². The van der Waals surface area contributed by atoms with Crippen LogP contribution in [0.2, 0.25) is 0 Å². The fourth-order valence-electron chi connectivity index (χ4n) is 2.26. The van der Waals surface area contributed by atoms with Gasteiger partial charge >= 0.3 is 0 Å². The quantitative estimate of drug-likeness (QED) is 0.455. The lowest BCUT2D eigenvalue weighted by atomic mass is 9.79. The maximum Gasteiger partial charge on any atom is 0.113 e. The first-order valence-corrected chi connectivity index (χ1v) is 8.83. The van der Waals surface area contributed by atoms with Crippen LogP contribution < -0.4 is 0 Å². The zero-order valence-corrected chi connectivity index (χ0v) is 14.8. The molecule has 3 heteroatoms. The first-order valence-electron chi connectivity index (χ1n) is 6.77. The highest BCUT2D eigenvalue weighted by Crippen LogP contribution is 2.44. The van der Waals surface area contributed by atoms with Crippen molar-refractivity contribution in [3.63, 3.8) is 0 Å². The molecule has 21 heavy (non-hydrogen) atoms. The van der Waals surface area contributed by atoms with Crippen molar-refractivity contribution in [1.29, 1.82) is 5.26 Å². The molecular formula is C18H16INS. The largest absolute Gasteiger partial charge is 0.197 e. The fraction of sp³-hybridized carbons (Fsp3) is 0.167. The minimum absolute atomic E-state index is 0.580. The van der Waals surface area contributed by atoms with Gasteiger partial charge in [-0.1, -0.05) is 89.8 Å². The summed E-state index contributed by atoms with van der Waals surface area (Å²) in [6.07, 6.45) is 0.752. The summed E-state index contributed by atoms with van der Waals surface area (Å²) in [7, 11) is 0. The smallest absolute Gasteiger partial charge is 0.113 e. The van der Waals surface area contributed by atoms with E-state index in [-0.39, 0.29) is 0 Å². The number of hydrogen-bond donors (Lipinski definition) is 0. The van der Waals surface area contributed by atoms with Crippen molar-refractivity contribution in [2.45, 2.75) is 23.7 Å². The van der Waals surface area contributed by atoms with Crippen LogP contribution in [0.3, 0.4) is 0 Å². The third kappa shape index (κ3) is 3.50. The third-order valence-corrected chi connectivity index (χ3v) is 5.72. The lowest BCUT2D eigenvalue weighted by Gasteiger charge is -2.28. The summed E-state index contributed by atoms with van der Waals surface area (Å²) in [4.78, 5) is 2.23. The van der Waals surface area contributed by atoms with Crippen molar-refractivity contribution < 1.29 is 0 Å². The molecule has 0 aliphatic carbocycles. The molecule has 2 rings (SSSR count). The Morgan fingerprint density at radius 2 is 1.71 bits per heavy atom. The van der Waals surface area contributed by atoms with E-state index in [1.165, 1.54) is 0 Å². The molecule has 0 aliphatic rings. The second kappa shape index (κ2) is 7.67. The number of hydrogen-bond acceptors (Lipinski definition) is 2. The number of nitrogens with zero attached hydrogens (tertiary/aromatic N) is 1. The molecule has 106 valence electrons. The van der Waals surface area contributed by atoms with E-state index in [1.807, 2.05) is 52.6 Å². The van der Waals surface area contributed by atoms with Gasteiger partial charge in [0.1, 0.15) is 5.41 Å². The van der Waals surface area contributed by atoms with E-state index < -0.39 is 5.41 Å². The molecule has 0 saturated heterocycles. The molecule has 2 aromatic rings. The lowest BCUT2D eigenvalue weighted by Crippen LogP contribution is -2.24. The van der Waals surface area contributed by atoms with Gasteiger partial charge in [0.25, 0.3) is 0 Å². The predicted molar refractivity (Wildman–Crippen MR) is 98.4 cm³/mol. The Hall–Kier alpha value is -1.25. The molecule has 0 spiro atoms. The lowest BCUT2D eigenvalue weighted by molar-refractivity contribution is 0.648. The van der Waals surface area contributed by atoms with Crippen LogP contribution in [0.4, 0.5) is 0 Å². The van der Waals surface area contributed by atoms with Crippen molar-refractivity contribution in [2.24, 2.45) is 0 Å². The summed E-state index contributed by atoms with van der Waals surface area (Å²) in [6.45, 7) is 2.07. The Bertz CT molecular complexity index is 646. The molecule has 0 aliphatic heterocycles. The minimum Gasteiger partial charge on any atom is -0.197 e. The molecule has 0 aromatic heterocycles. The molecule has 1 atom stereocenters. The number of thioether (sulfide) groups is 1. The SMILES string of the molecule is CCC(C#N)(/C(=C/I)Sc1ccccc1)c1ccccc1. The summed E-state index contributed by atoms with van der Waals surface area (Å²) in [5.74, 6) is 0. The van der Waals surface area contributed by atoms with Gasteiger partial charge in [0, 0.05) is 9.80 Å². The van der Waals surface area contributed by atoms with Crippen LogP contribution in [0.15, 0.2) is 74.5 Å². The highest BCUT2D eigenvalue weighted by Gasteiger charge is 2.35. The van der Waals surface area contributed by atoms with Gasteiger partial charge in [-0.15, -0.1) is 0 Å². The third-order valence-electron chi connectivity index (χ3n) is 3.48. The van der Waals surface area contributed by atoms with Crippen molar-refractivity contribution in [1.82, 2.24) is 0 Å². The van der Waals surface area contributed by atoms with Gasteiger partial charge in [0.15, 0.2) is 0 Å². The van der Waals surface area contributed by atoms with E-state index >= 15 is 0 Å². The number of allylic oxidation sites excluding steroid dienone is 1. The van der Waals surface area contributed by atoms with Crippen LogP contribution in [0.5, 0.6) is 0 Å². The highest BCUT2D eigenvalue weighted by atomic mass is 127. The second-order valence-corrected chi connectivity index (χ2v) is 6.36. The van der Waals surface area contributed by atoms with E-state index in [0.717, 1.165) is 21.8 Å². The molecular weight excluding hydrogens is 389 g/mol. The average Bonchev–Trinajstić information content (AvgIpc) is 2.57. The van der Waals surface area contributed by atoms with E-state index in [2.05, 4.69) is 47.7 Å². The monoisotopic (exact) mass is 405 g/mol. The standard InChI is InChI=1S/C18H16INS/c1-2-18(14-20,15-9-5-3-6-10-15)17(13-19)21-16-11-7-4-8-12-16/h3-13H,2H2,1H3/b17-13-. The van der Waals surface area contributed by atoms with E-state index in [0.29, 0.717) is 0 Å². The second-order valence-electron chi connectivity index (χ2n) is 4.63. The Morgan fingerprint density at radius 3 is 2.19 bits per heavy atom. The van der Waals surface area contributed by atoms with Crippen molar-refractivity contribution in [3.8, 4) is 6.07 Å². The molecule has 0 N–H and O–H groups in total. The predicted octanol–water partition coefficient (Wildman–Crippen LogP) is 5.93. The normalized spacial score (nSPS) is 14.2. The summed E-state index contributed by atoms with van der Waals surface area (Å²) in [5.41, 5.74) is 0.476. The van der Waals surface area contributed by atoms with Gasteiger partial charge in [-0.25, -0.2) is 0 Å². The number of nitriles is 1. The fourth-order valence-corrected chi connectivity index (χ4v) is 4.25. The maximum absolute atomic E-state index is 9.90. The average molecular weight is 405 g/mol. The van der Waals surface area contributed by atoms with Gasteiger partial charge in [0.2, 0.25) is 0 Å². The number of benzene rings is 2. The number of rotatable bonds is 5. The molecule has 1 unspecified atom stereocenters. The molecule has 0 saturated carbocycles. The van der Waals surface area contributed by atoms with Crippen LogP contribution >= 0.6 is 34.4 Å². The Morgan fingerprint density at radius 1 is 1.14 bits per heavy atom. The molecule has 0 heterocycles. The summed E-state index contributed by atoms with van der Waals surface area (Å²) in [5, 5.41) is 9.90. The minimum atomic E-state index is -0.580. The van der Waals surface area contributed by atoms with Gasteiger partial charge in [-0.2, -0.15) is 5.26 Å². The zero-order chi connectivity index (χ0) is 15.1. The van der Waals surface area contributed by atoms with Crippen LogP contribution in [-0.2, 0) is 5.41 Å². The van der Waals surface area contributed by atoms with Crippen LogP contribution in [-0.4, -0.2) is 0 Å². The van der Waals surface area contributed by atoms with Gasteiger partial charge < -0.3 is 0 Å². The van der Waals surface area contributed by atoms with E-state index in [9.17, 15) is 5.26 Å². The topological polar surface area (TPSA) is 23.8 Å². The first-order chi connectivity index (χ1) is 10.3. The molecule has 1 nitrogen and oxygen atoms in total.